The van der Waals surface area contributed by atoms with Crippen molar-refractivity contribution in [3.63, 3.8) is 0 Å². The Hall–Kier alpha value is -2.41. The van der Waals surface area contributed by atoms with Gasteiger partial charge in [-0.3, -0.25) is 4.79 Å². The van der Waals surface area contributed by atoms with Gasteiger partial charge in [0, 0.05) is 17.2 Å². The van der Waals surface area contributed by atoms with Crippen LogP contribution in [0, 0.1) is 5.92 Å². The number of aromatic carboxylic acids is 1. The van der Waals surface area contributed by atoms with Gasteiger partial charge in [0.15, 0.2) is 5.13 Å². The molecular formula is C14H15N3O3S. The molecule has 0 radical (unpaired) electrons. The number of amides is 1. The van der Waals surface area contributed by atoms with Crippen LogP contribution in [-0.4, -0.2) is 22.0 Å². The van der Waals surface area contributed by atoms with Crippen molar-refractivity contribution in [2.45, 2.75) is 13.8 Å². The number of rotatable bonds is 4. The third-order valence-corrected chi connectivity index (χ3v) is 3.69. The van der Waals surface area contributed by atoms with E-state index in [1.807, 2.05) is 0 Å². The number of nitrogen functional groups attached to an aromatic ring is 1. The summed E-state index contributed by atoms with van der Waals surface area (Å²) in [5.41, 5.74) is 7.14. The maximum atomic E-state index is 11.7. The Bertz CT molecular complexity index is 695. The third kappa shape index (κ3) is 3.38. The molecule has 7 heteroatoms. The fourth-order valence-corrected chi connectivity index (χ4v) is 2.48. The first-order valence-electron chi connectivity index (χ1n) is 6.29. The van der Waals surface area contributed by atoms with Crippen molar-refractivity contribution < 1.29 is 14.7 Å². The van der Waals surface area contributed by atoms with E-state index in [-0.39, 0.29) is 21.8 Å². The quantitative estimate of drug-likeness (QED) is 0.753. The van der Waals surface area contributed by atoms with Gasteiger partial charge in [0.1, 0.15) is 4.88 Å². The number of nitrogens with one attached hydrogen (secondary N) is 1. The lowest BCUT2D eigenvalue weighted by Gasteiger charge is -2.03. The molecule has 2 rings (SSSR count). The second-order valence-corrected chi connectivity index (χ2v) is 5.77. The Kier molecular flexibility index (Phi) is 4.23. The fourth-order valence-electron chi connectivity index (χ4n) is 1.65. The summed E-state index contributed by atoms with van der Waals surface area (Å²) >= 11 is 0.931. The summed E-state index contributed by atoms with van der Waals surface area (Å²) in [5.74, 6) is -1.51. The Morgan fingerprint density at radius 1 is 1.38 bits per heavy atom. The minimum absolute atomic E-state index is 0.0691. The lowest BCUT2D eigenvalue weighted by molar-refractivity contribution is -0.118. The first kappa shape index (κ1) is 15.0. The van der Waals surface area contributed by atoms with Crippen LogP contribution in [0.25, 0.3) is 11.3 Å². The molecule has 0 spiro atoms. The predicted octanol–water partition coefficient (Wildman–Crippen LogP) is 2.68. The molecule has 1 aromatic heterocycles. The summed E-state index contributed by atoms with van der Waals surface area (Å²) in [6.45, 7) is 3.50. The van der Waals surface area contributed by atoms with Crippen molar-refractivity contribution in [2.24, 2.45) is 5.92 Å². The molecule has 0 bridgehead atoms. The molecule has 21 heavy (non-hydrogen) atoms. The molecule has 0 aliphatic carbocycles. The Balaban J connectivity index is 2.43. The molecule has 110 valence electrons. The number of hydrogen-bond acceptors (Lipinski definition) is 5. The summed E-state index contributed by atoms with van der Waals surface area (Å²) in [6.07, 6.45) is 0. The van der Waals surface area contributed by atoms with Crippen LogP contribution < -0.4 is 11.1 Å². The molecule has 0 aliphatic heterocycles. The van der Waals surface area contributed by atoms with Gasteiger partial charge in [-0.15, -0.1) is 0 Å². The van der Waals surface area contributed by atoms with Gasteiger partial charge in [0.2, 0.25) is 5.91 Å². The van der Waals surface area contributed by atoms with Crippen molar-refractivity contribution >= 4 is 34.0 Å². The molecule has 6 nitrogen and oxygen atoms in total. The van der Waals surface area contributed by atoms with Gasteiger partial charge in [-0.25, -0.2) is 9.78 Å². The Morgan fingerprint density at radius 3 is 2.67 bits per heavy atom. The smallest absolute Gasteiger partial charge is 0.348 e. The van der Waals surface area contributed by atoms with Crippen molar-refractivity contribution in [3.8, 4) is 11.3 Å². The molecule has 0 saturated heterocycles. The highest BCUT2D eigenvalue weighted by Gasteiger charge is 2.20. The van der Waals surface area contributed by atoms with Crippen LogP contribution in [0.1, 0.15) is 23.5 Å². The largest absolute Gasteiger partial charge is 0.477 e. The van der Waals surface area contributed by atoms with E-state index in [1.165, 1.54) is 0 Å². The van der Waals surface area contributed by atoms with Crippen LogP contribution in [0.15, 0.2) is 24.3 Å². The van der Waals surface area contributed by atoms with E-state index in [2.05, 4.69) is 10.3 Å². The Morgan fingerprint density at radius 2 is 2.10 bits per heavy atom. The van der Waals surface area contributed by atoms with Gasteiger partial charge >= 0.3 is 5.97 Å². The SMILES string of the molecule is CC(C)C(=O)Nc1nc(-c2cccc(N)c2)c(C(=O)O)s1. The number of anilines is 2. The van der Waals surface area contributed by atoms with Crippen LogP contribution in [0.2, 0.25) is 0 Å². The Labute approximate surface area is 125 Å². The summed E-state index contributed by atoms with van der Waals surface area (Å²) in [5, 5.41) is 12.2. The van der Waals surface area contributed by atoms with Crippen LogP contribution in [0.3, 0.4) is 0 Å². The van der Waals surface area contributed by atoms with Crippen LogP contribution >= 0.6 is 11.3 Å². The third-order valence-electron chi connectivity index (χ3n) is 2.74. The minimum atomic E-state index is -1.09. The van der Waals surface area contributed by atoms with E-state index >= 15 is 0 Å². The molecule has 0 fully saturated rings. The van der Waals surface area contributed by atoms with E-state index in [4.69, 9.17) is 5.73 Å². The summed E-state index contributed by atoms with van der Waals surface area (Å²) in [6, 6.07) is 6.81. The number of carbonyl (C=O) groups is 2. The zero-order valence-corrected chi connectivity index (χ0v) is 12.4. The molecular weight excluding hydrogens is 290 g/mol. The number of carboxylic acids is 1. The second kappa shape index (κ2) is 5.92. The van der Waals surface area contributed by atoms with Gasteiger partial charge in [0.25, 0.3) is 0 Å². The summed E-state index contributed by atoms with van der Waals surface area (Å²) in [7, 11) is 0. The van der Waals surface area contributed by atoms with Gasteiger partial charge in [-0.05, 0) is 12.1 Å². The average Bonchev–Trinajstić information content (AvgIpc) is 2.82. The first-order chi connectivity index (χ1) is 9.88. The van der Waals surface area contributed by atoms with Crippen molar-refractivity contribution in [3.05, 3.63) is 29.1 Å². The monoisotopic (exact) mass is 305 g/mol. The van der Waals surface area contributed by atoms with E-state index in [1.54, 1.807) is 38.1 Å². The molecule has 1 amide bonds. The zero-order chi connectivity index (χ0) is 15.6. The number of benzene rings is 1. The number of nitrogens with zero attached hydrogens (tertiary/aromatic N) is 1. The normalized spacial score (nSPS) is 10.6. The van der Waals surface area contributed by atoms with Crippen molar-refractivity contribution in [1.82, 2.24) is 4.98 Å². The van der Waals surface area contributed by atoms with E-state index in [9.17, 15) is 14.7 Å². The van der Waals surface area contributed by atoms with Gasteiger partial charge in [-0.2, -0.15) is 0 Å². The average molecular weight is 305 g/mol. The summed E-state index contributed by atoms with van der Waals surface area (Å²) in [4.78, 5) is 27.3. The minimum Gasteiger partial charge on any atom is -0.477 e. The highest BCUT2D eigenvalue weighted by molar-refractivity contribution is 7.18. The molecule has 1 aromatic carbocycles. The second-order valence-electron chi connectivity index (χ2n) is 4.77. The standard InChI is InChI=1S/C14H15N3O3S/c1-7(2)12(18)17-14-16-10(11(21-14)13(19)20)8-4-3-5-9(15)6-8/h3-7H,15H2,1-2H3,(H,19,20)(H,16,17,18). The number of hydrogen-bond donors (Lipinski definition) is 3. The number of thiazole rings is 1. The number of nitrogens with two attached hydrogens (primary N) is 1. The highest BCUT2D eigenvalue weighted by Crippen LogP contribution is 2.32. The van der Waals surface area contributed by atoms with E-state index in [0.29, 0.717) is 16.9 Å². The zero-order valence-electron chi connectivity index (χ0n) is 11.6. The van der Waals surface area contributed by atoms with Crippen LogP contribution in [0.5, 0.6) is 0 Å². The van der Waals surface area contributed by atoms with Crippen LogP contribution in [-0.2, 0) is 4.79 Å². The molecule has 0 aliphatic rings. The molecule has 4 N–H and O–H groups in total. The molecule has 1 heterocycles. The van der Waals surface area contributed by atoms with Gasteiger partial charge in [0.05, 0.1) is 5.69 Å². The number of carboxylic acid groups (broad SMARTS) is 1. The maximum Gasteiger partial charge on any atom is 0.348 e. The molecule has 0 saturated carbocycles. The topological polar surface area (TPSA) is 105 Å². The fraction of sp³-hybridized carbons (Fsp3) is 0.214. The lowest BCUT2D eigenvalue weighted by atomic mass is 10.1. The molecule has 0 unspecified atom stereocenters. The van der Waals surface area contributed by atoms with Crippen molar-refractivity contribution in [1.29, 1.82) is 0 Å². The van der Waals surface area contributed by atoms with Gasteiger partial charge < -0.3 is 16.2 Å². The van der Waals surface area contributed by atoms with E-state index < -0.39 is 5.97 Å². The highest BCUT2D eigenvalue weighted by atomic mass is 32.1. The van der Waals surface area contributed by atoms with Crippen LogP contribution in [0.4, 0.5) is 10.8 Å². The molecule has 2 aromatic rings. The first-order valence-corrected chi connectivity index (χ1v) is 7.11. The number of aromatic nitrogens is 1. The van der Waals surface area contributed by atoms with E-state index in [0.717, 1.165) is 11.3 Å². The number of carbonyl (C=O) groups excluding carboxylic acids is 1. The summed E-state index contributed by atoms with van der Waals surface area (Å²) < 4.78 is 0. The maximum absolute atomic E-state index is 11.7. The lowest BCUT2D eigenvalue weighted by Crippen LogP contribution is -2.17. The predicted molar refractivity (Wildman–Crippen MR) is 82.4 cm³/mol. The molecule has 0 atom stereocenters. The van der Waals surface area contributed by atoms with Gasteiger partial charge in [-0.1, -0.05) is 37.3 Å². The van der Waals surface area contributed by atoms with Crippen molar-refractivity contribution in [2.75, 3.05) is 11.1 Å².